The fourth-order valence-electron chi connectivity index (χ4n) is 3.25. The van der Waals surface area contributed by atoms with Crippen LogP contribution in [-0.2, 0) is 14.4 Å². The molecule has 1 aromatic carbocycles. The van der Waals surface area contributed by atoms with Crippen LogP contribution < -0.4 is 5.32 Å². The summed E-state index contributed by atoms with van der Waals surface area (Å²) < 4.78 is 92.3. The number of carboxylic acids is 2. The maximum absolute atomic E-state index is 14.3. The van der Waals surface area contributed by atoms with Gasteiger partial charge in [-0.2, -0.15) is 36.5 Å². The van der Waals surface area contributed by atoms with Crippen molar-refractivity contribution in [3.8, 4) is 16.9 Å². The molecule has 1 saturated carbocycles. The highest BCUT2D eigenvalue weighted by Gasteiger charge is 2.44. The highest BCUT2D eigenvalue weighted by atomic mass is 35.5. The first kappa shape index (κ1) is 31.8. The van der Waals surface area contributed by atoms with Crippen molar-refractivity contribution in [2.45, 2.75) is 24.9 Å². The van der Waals surface area contributed by atoms with E-state index >= 15 is 0 Å². The first-order valence-corrected chi connectivity index (χ1v) is 11.3. The summed E-state index contributed by atoms with van der Waals surface area (Å²) >= 11 is 6.16. The number of H-pyrrole nitrogens is 1. The number of aliphatic carboxylic acids is 2. The molecule has 0 unspecified atom stereocenters. The van der Waals surface area contributed by atoms with Gasteiger partial charge in [-0.15, -0.1) is 0 Å². The number of alkyl halides is 7. The molecule has 1 aliphatic rings. The van der Waals surface area contributed by atoms with Crippen LogP contribution in [-0.4, -0.2) is 71.5 Å². The molecule has 0 radical (unpaired) electrons. The molecule has 1 fully saturated rings. The van der Waals surface area contributed by atoms with Crippen molar-refractivity contribution in [2.24, 2.45) is 5.92 Å². The Morgan fingerprint density at radius 3 is 2.12 bits per heavy atom. The van der Waals surface area contributed by atoms with Crippen LogP contribution >= 0.6 is 11.6 Å². The number of aromatic nitrogens is 4. The number of benzene rings is 1. The van der Waals surface area contributed by atoms with Gasteiger partial charge in [-0.1, -0.05) is 11.6 Å². The lowest BCUT2D eigenvalue weighted by Crippen LogP contribution is -2.21. The molecule has 11 nitrogen and oxygen atoms in total. The smallest absolute Gasteiger partial charge is 0.490 e. The molecule has 42 heavy (non-hydrogen) atoms. The summed E-state index contributed by atoms with van der Waals surface area (Å²) in [6, 6.07) is 5.00. The summed E-state index contributed by atoms with van der Waals surface area (Å²) in [5, 5.41) is 37.6. The average Bonchev–Trinajstić information content (AvgIpc) is 3.23. The zero-order valence-corrected chi connectivity index (χ0v) is 20.8. The number of amides is 1. The number of fused-ring (bicyclic) bond motifs is 2. The second kappa shape index (κ2) is 11.7. The largest absolute Gasteiger partial charge is 0.503 e. The Bertz CT molecular complexity index is 1640. The number of nitrogens with one attached hydrogen (secondary N) is 2. The lowest BCUT2D eigenvalue weighted by atomic mass is 10.0. The molecule has 5 rings (SSSR count). The van der Waals surface area contributed by atoms with Gasteiger partial charge in [-0.25, -0.2) is 22.9 Å². The number of phenolic OH excluding ortho intramolecular Hbond substituents is 1. The summed E-state index contributed by atoms with van der Waals surface area (Å²) in [7, 11) is 0. The number of carbonyl (C=O) groups is 3. The molecule has 5 N–H and O–H groups in total. The van der Waals surface area contributed by atoms with Crippen LogP contribution in [0.2, 0.25) is 5.02 Å². The minimum absolute atomic E-state index is 0.142. The summed E-state index contributed by atoms with van der Waals surface area (Å²) in [6.45, 7) is 0. The fourth-order valence-corrected chi connectivity index (χ4v) is 3.55. The van der Waals surface area contributed by atoms with Crippen LogP contribution in [0.15, 0.2) is 30.6 Å². The average molecular weight is 632 g/mol. The second-order valence-electron chi connectivity index (χ2n) is 8.28. The number of hydrogen-bond donors (Lipinski definition) is 5. The fraction of sp³-hybridized carbons (Fsp3) is 0.227. The minimum Gasteiger partial charge on any atom is -0.503 e. The lowest BCUT2D eigenvalue weighted by molar-refractivity contribution is -0.193. The van der Waals surface area contributed by atoms with E-state index in [1.165, 1.54) is 10.7 Å². The van der Waals surface area contributed by atoms with Gasteiger partial charge in [0.25, 0.3) is 0 Å². The van der Waals surface area contributed by atoms with E-state index in [-0.39, 0.29) is 22.8 Å². The Labute approximate surface area is 231 Å². The van der Waals surface area contributed by atoms with Gasteiger partial charge in [-0.05, 0) is 24.1 Å². The van der Waals surface area contributed by atoms with Gasteiger partial charge in [-0.3, -0.25) is 9.89 Å². The first-order valence-electron chi connectivity index (χ1n) is 10.9. The highest BCUT2D eigenvalue weighted by molar-refractivity contribution is 6.35. The van der Waals surface area contributed by atoms with E-state index < -0.39 is 53.9 Å². The summed E-state index contributed by atoms with van der Waals surface area (Å²) in [5.74, 6) is -7.78. The molecule has 20 heteroatoms. The molecule has 0 bridgehead atoms. The van der Waals surface area contributed by atoms with Gasteiger partial charge in [0.05, 0.1) is 22.7 Å². The van der Waals surface area contributed by atoms with Crippen molar-refractivity contribution in [3.05, 3.63) is 41.4 Å². The van der Waals surface area contributed by atoms with Crippen LogP contribution in [0.25, 0.3) is 27.5 Å². The Morgan fingerprint density at radius 2 is 1.62 bits per heavy atom. The predicted molar refractivity (Wildman–Crippen MR) is 126 cm³/mol. The monoisotopic (exact) mass is 631 g/mol. The number of aromatic hydroxyl groups is 1. The number of carbonyl (C=O) groups excluding carboxylic acids is 1. The number of hydrogen-bond acceptors (Lipinski definition) is 6. The number of aromatic amines is 1. The Morgan fingerprint density at radius 1 is 1.07 bits per heavy atom. The van der Waals surface area contributed by atoms with E-state index in [1.54, 1.807) is 24.4 Å². The number of rotatable bonds is 3. The molecule has 0 saturated heterocycles. The molecular formula is C22H14ClF8N5O6. The van der Waals surface area contributed by atoms with E-state index in [2.05, 4.69) is 20.6 Å². The third kappa shape index (κ3) is 7.14. The third-order valence-corrected chi connectivity index (χ3v) is 5.66. The normalized spacial score (nSPS) is 16.2. The van der Waals surface area contributed by atoms with E-state index in [0.717, 1.165) is 0 Å². The summed E-state index contributed by atoms with van der Waals surface area (Å²) in [6.07, 6.45) is -7.95. The lowest BCUT2D eigenvalue weighted by Gasteiger charge is -2.09. The third-order valence-electron chi connectivity index (χ3n) is 5.30. The van der Waals surface area contributed by atoms with Crippen molar-refractivity contribution < 1.29 is 64.8 Å². The quantitative estimate of drug-likeness (QED) is 0.198. The zero-order chi connectivity index (χ0) is 31.7. The van der Waals surface area contributed by atoms with Crippen LogP contribution in [0.1, 0.15) is 6.42 Å². The van der Waals surface area contributed by atoms with E-state index in [4.69, 9.17) is 31.4 Å². The van der Waals surface area contributed by atoms with Gasteiger partial charge < -0.3 is 20.6 Å². The molecule has 2 atom stereocenters. The maximum Gasteiger partial charge on any atom is 0.490 e. The molecule has 0 spiro atoms. The van der Waals surface area contributed by atoms with Gasteiger partial charge in [0.2, 0.25) is 5.91 Å². The molecule has 4 aromatic rings. The predicted octanol–water partition coefficient (Wildman–Crippen LogP) is 4.94. The van der Waals surface area contributed by atoms with Gasteiger partial charge in [0.15, 0.2) is 17.4 Å². The van der Waals surface area contributed by atoms with Crippen molar-refractivity contribution in [1.29, 1.82) is 0 Å². The van der Waals surface area contributed by atoms with Crippen LogP contribution in [0.3, 0.4) is 0 Å². The number of carboxylic acid groups (broad SMARTS) is 2. The second-order valence-corrected chi connectivity index (χ2v) is 8.66. The van der Waals surface area contributed by atoms with Gasteiger partial charge >= 0.3 is 24.3 Å². The topological polar surface area (TPSA) is 170 Å². The molecule has 3 aromatic heterocycles. The molecular weight excluding hydrogens is 618 g/mol. The number of pyridine rings is 1. The number of halogens is 9. The van der Waals surface area contributed by atoms with E-state index in [1.807, 2.05) is 0 Å². The Kier molecular flexibility index (Phi) is 8.84. The number of nitrogens with zero attached hydrogens (tertiary/aromatic N) is 3. The van der Waals surface area contributed by atoms with Gasteiger partial charge in [0.1, 0.15) is 11.7 Å². The zero-order valence-electron chi connectivity index (χ0n) is 20.1. The SMILES string of the molecule is O=C(Nc1cc2cc(-c3c(Cl)c(F)c(O)c4[nH]ncc34)ccn2n1)[C@@H]1C[C@@H]1F.O=C(O)C(F)(F)F.O=C(O)C(F)(F)F. The standard InChI is InChI=1S/C18H12ClF2N5O2.2C2HF3O2/c19-14-13(10-6-22-24-16(10)17(27)15(14)21)7-1-2-26-8(3-7)4-12(25-26)23-18(28)9-5-11(9)20;2*3-2(4,5)1(6)7/h1-4,6,9,11,27H,5H2,(H,22,24)(H,23,25,28);2*(H,6,7)/t9-,11+;;/m1../s1. The summed E-state index contributed by atoms with van der Waals surface area (Å²) in [5.41, 5.74) is 1.70. The molecule has 1 amide bonds. The van der Waals surface area contributed by atoms with Crippen LogP contribution in [0, 0.1) is 11.7 Å². The molecule has 3 heterocycles. The van der Waals surface area contributed by atoms with E-state index in [0.29, 0.717) is 22.0 Å². The number of anilines is 1. The molecule has 1 aliphatic carbocycles. The Balaban J connectivity index is 0.000000289. The van der Waals surface area contributed by atoms with Crippen LogP contribution in [0.4, 0.5) is 40.9 Å². The summed E-state index contributed by atoms with van der Waals surface area (Å²) in [4.78, 5) is 29.7. The molecule has 226 valence electrons. The Hall–Kier alpha value is -4.68. The molecule has 0 aliphatic heterocycles. The van der Waals surface area contributed by atoms with Crippen molar-refractivity contribution >= 4 is 51.7 Å². The van der Waals surface area contributed by atoms with Crippen LogP contribution in [0.5, 0.6) is 5.75 Å². The van der Waals surface area contributed by atoms with Crippen molar-refractivity contribution in [1.82, 2.24) is 19.8 Å². The minimum atomic E-state index is -5.08. The maximum atomic E-state index is 14.3. The first-order chi connectivity index (χ1) is 19.3. The van der Waals surface area contributed by atoms with Crippen molar-refractivity contribution in [2.75, 3.05) is 5.32 Å². The highest BCUT2D eigenvalue weighted by Crippen LogP contribution is 2.42. The van der Waals surface area contributed by atoms with E-state index in [9.17, 15) is 45.0 Å². The van der Waals surface area contributed by atoms with Gasteiger partial charge in [0, 0.05) is 23.2 Å². The number of phenols is 1. The van der Waals surface area contributed by atoms with Crippen molar-refractivity contribution in [3.63, 3.8) is 0 Å².